The zero-order valence-corrected chi connectivity index (χ0v) is 12.1. The maximum Gasteiger partial charge on any atom is 0.411 e. The van der Waals surface area contributed by atoms with Crippen LogP contribution in [0, 0.1) is 0 Å². The van der Waals surface area contributed by atoms with E-state index in [9.17, 15) is 27.9 Å². The summed E-state index contributed by atoms with van der Waals surface area (Å²) >= 11 is 0. The second-order valence-electron chi connectivity index (χ2n) is 5.20. The average molecular weight is 331 g/mol. The number of carbonyl (C=O) groups excluding carboxylic acids is 1. The summed E-state index contributed by atoms with van der Waals surface area (Å²) in [6, 6.07) is 5.02. The van der Waals surface area contributed by atoms with E-state index in [4.69, 9.17) is 5.73 Å². The molecule has 1 aromatic rings. The Hall–Kier alpha value is -2.29. The molecule has 0 aliphatic carbocycles. The van der Waals surface area contributed by atoms with Gasteiger partial charge in [-0.1, -0.05) is 12.1 Å². The van der Waals surface area contributed by atoms with E-state index < -0.39 is 30.6 Å². The minimum atomic E-state index is -4.32. The summed E-state index contributed by atoms with van der Waals surface area (Å²) < 4.78 is 36.9. The first-order valence-electron chi connectivity index (χ1n) is 6.94. The van der Waals surface area contributed by atoms with Crippen molar-refractivity contribution in [1.82, 2.24) is 0 Å². The van der Waals surface area contributed by atoms with E-state index >= 15 is 0 Å². The largest absolute Gasteiger partial charge is 0.465 e. The molecule has 0 bridgehead atoms. The summed E-state index contributed by atoms with van der Waals surface area (Å²) in [7, 11) is 0. The highest BCUT2D eigenvalue weighted by Crippen LogP contribution is 2.33. The fourth-order valence-corrected chi connectivity index (χ4v) is 2.46. The maximum atomic E-state index is 12.3. The molecule has 1 aliphatic heterocycles. The van der Waals surface area contributed by atoms with Gasteiger partial charge in [-0.15, -0.1) is 0 Å². The van der Waals surface area contributed by atoms with E-state index in [1.54, 1.807) is 12.1 Å². The number of fused-ring (bicyclic) bond motifs is 1. The van der Waals surface area contributed by atoms with Gasteiger partial charge in [0.2, 0.25) is 5.91 Å². The fourth-order valence-electron chi connectivity index (χ4n) is 2.46. The Bertz CT molecular complexity index is 606. The number of amides is 2. The molecule has 0 aromatic heterocycles. The molecular formula is C14H16F3N3O3. The lowest BCUT2D eigenvalue weighted by Gasteiger charge is -2.24. The first-order chi connectivity index (χ1) is 10.7. The van der Waals surface area contributed by atoms with Crippen molar-refractivity contribution in [2.45, 2.75) is 25.1 Å². The number of hydrogen-bond acceptors (Lipinski definition) is 3. The molecule has 1 aliphatic rings. The number of anilines is 2. The van der Waals surface area contributed by atoms with Crippen LogP contribution in [-0.4, -0.2) is 42.4 Å². The van der Waals surface area contributed by atoms with Crippen molar-refractivity contribution >= 4 is 23.4 Å². The molecule has 2 rings (SSSR count). The third kappa shape index (κ3) is 3.92. The molecule has 6 nitrogen and oxygen atoms in total. The fraction of sp³-hybridized carbons (Fsp3) is 0.429. The number of alkyl halides is 3. The number of nitrogens with two attached hydrogens (primary N) is 1. The van der Waals surface area contributed by atoms with Gasteiger partial charge in [-0.3, -0.25) is 9.69 Å². The zero-order valence-electron chi connectivity index (χ0n) is 12.1. The van der Waals surface area contributed by atoms with Gasteiger partial charge in [-0.25, -0.2) is 4.79 Å². The second kappa shape index (κ2) is 6.45. The molecule has 0 saturated carbocycles. The number of hydrogen-bond donors (Lipinski definition) is 2. The third-order valence-electron chi connectivity index (χ3n) is 3.50. The van der Waals surface area contributed by atoms with Crippen LogP contribution in [0.3, 0.4) is 0 Å². The molecule has 1 unspecified atom stereocenters. The van der Waals surface area contributed by atoms with Crippen molar-refractivity contribution in [1.29, 1.82) is 0 Å². The van der Waals surface area contributed by atoms with Crippen molar-refractivity contribution in [2.24, 2.45) is 5.73 Å². The normalized spacial score (nSPS) is 18.6. The Morgan fingerprint density at radius 2 is 1.91 bits per heavy atom. The van der Waals surface area contributed by atoms with Crippen LogP contribution in [0.1, 0.15) is 12.8 Å². The van der Waals surface area contributed by atoms with Crippen LogP contribution < -0.4 is 15.5 Å². The maximum absolute atomic E-state index is 12.3. The highest BCUT2D eigenvalue weighted by Gasteiger charge is 2.34. The minimum absolute atomic E-state index is 0.184. The molecule has 9 heteroatoms. The number of nitrogens with zero attached hydrogens (tertiary/aromatic N) is 2. The van der Waals surface area contributed by atoms with Gasteiger partial charge < -0.3 is 15.7 Å². The lowest BCUT2D eigenvalue weighted by Crippen LogP contribution is -2.48. The molecule has 23 heavy (non-hydrogen) atoms. The summed E-state index contributed by atoms with van der Waals surface area (Å²) in [6.45, 7) is -0.433. The summed E-state index contributed by atoms with van der Waals surface area (Å²) in [5.41, 5.74) is 6.19. The SMILES string of the molecule is NC1CN(C(=O)O)c2ccccc2N(CCCC(F)(F)F)C1=O. The predicted octanol–water partition coefficient (Wildman–Crippen LogP) is 2.19. The highest BCUT2D eigenvalue weighted by molar-refractivity contribution is 6.05. The molecule has 0 radical (unpaired) electrons. The molecule has 1 atom stereocenters. The number of carbonyl (C=O) groups is 2. The number of benzene rings is 1. The topological polar surface area (TPSA) is 86.9 Å². The van der Waals surface area contributed by atoms with Crippen LogP contribution in [0.4, 0.5) is 29.3 Å². The van der Waals surface area contributed by atoms with E-state index in [1.165, 1.54) is 12.1 Å². The molecule has 3 N–H and O–H groups in total. The summed E-state index contributed by atoms with van der Waals surface area (Å²) in [6.07, 6.45) is -6.91. The Labute approximate surface area is 130 Å². The van der Waals surface area contributed by atoms with E-state index in [0.29, 0.717) is 0 Å². The highest BCUT2D eigenvalue weighted by atomic mass is 19.4. The predicted molar refractivity (Wildman–Crippen MR) is 77.4 cm³/mol. The van der Waals surface area contributed by atoms with Crippen LogP contribution in [-0.2, 0) is 4.79 Å². The molecular weight excluding hydrogens is 315 g/mol. The Kier molecular flexibility index (Phi) is 4.79. The second-order valence-corrected chi connectivity index (χ2v) is 5.20. The van der Waals surface area contributed by atoms with Gasteiger partial charge in [0.1, 0.15) is 6.04 Å². The molecule has 0 saturated heterocycles. The molecule has 1 heterocycles. The zero-order chi connectivity index (χ0) is 17.2. The monoisotopic (exact) mass is 331 g/mol. The van der Waals surface area contributed by atoms with Gasteiger partial charge in [0.25, 0.3) is 0 Å². The standard InChI is InChI=1S/C14H16F3N3O3/c15-14(16,17)6-3-7-19-10-4-1-2-5-11(10)20(13(22)23)8-9(18)12(19)21/h1-2,4-5,9H,3,6-8,18H2,(H,22,23). The first-order valence-corrected chi connectivity index (χ1v) is 6.94. The quantitative estimate of drug-likeness (QED) is 0.889. The van der Waals surface area contributed by atoms with Crippen LogP contribution in [0.2, 0.25) is 0 Å². The number of para-hydroxylation sites is 2. The van der Waals surface area contributed by atoms with Crippen molar-refractivity contribution in [3.05, 3.63) is 24.3 Å². The molecule has 2 amide bonds. The van der Waals surface area contributed by atoms with E-state index in [0.717, 1.165) is 9.80 Å². The number of halogens is 3. The Morgan fingerprint density at radius 1 is 1.30 bits per heavy atom. The summed E-state index contributed by atoms with van der Waals surface area (Å²) in [5.74, 6) is -0.594. The minimum Gasteiger partial charge on any atom is -0.465 e. The Morgan fingerprint density at radius 3 is 2.48 bits per heavy atom. The molecule has 0 spiro atoms. The van der Waals surface area contributed by atoms with Gasteiger partial charge in [0.05, 0.1) is 17.9 Å². The first kappa shape index (κ1) is 17.1. The smallest absolute Gasteiger partial charge is 0.411 e. The number of rotatable bonds is 3. The lowest BCUT2D eigenvalue weighted by atomic mass is 10.2. The van der Waals surface area contributed by atoms with Crippen LogP contribution in [0.5, 0.6) is 0 Å². The summed E-state index contributed by atoms with van der Waals surface area (Å²) in [5, 5.41) is 9.27. The van der Waals surface area contributed by atoms with Gasteiger partial charge in [0.15, 0.2) is 0 Å². The molecule has 1 aromatic carbocycles. The summed E-state index contributed by atoms with van der Waals surface area (Å²) in [4.78, 5) is 25.8. The van der Waals surface area contributed by atoms with Crippen molar-refractivity contribution < 1.29 is 27.9 Å². The van der Waals surface area contributed by atoms with E-state index in [1.807, 2.05) is 0 Å². The van der Waals surface area contributed by atoms with Gasteiger partial charge in [0, 0.05) is 13.0 Å². The van der Waals surface area contributed by atoms with Crippen molar-refractivity contribution in [3.8, 4) is 0 Å². The lowest BCUT2D eigenvalue weighted by molar-refractivity contribution is -0.135. The number of carboxylic acid groups (broad SMARTS) is 1. The van der Waals surface area contributed by atoms with Gasteiger partial charge in [-0.2, -0.15) is 13.2 Å². The van der Waals surface area contributed by atoms with Gasteiger partial charge >= 0.3 is 12.3 Å². The van der Waals surface area contributed by atoms with Gasteiger partial charge in [-0.05, 0) is 18.6 Å². The van der Waals surface area contributed by atoms with E-state index in [2.05, 4.69) is 0 Å². The Balaban J connectivity index is 2.33. The van der Waals surface area contributed by atoms with Crippen LogP contribution >= 0.6 is 0 Å². The van der Waals surface area contributed by atoms with E-state index in [-0.39, 0.29) is 30.9 Å². The van der Waals surface area contributed by atoms with Crippen LogP contribution in [0.15, 0.2) is 24.3 Å². The molecule has 0 fully saturated rings. The third-order valence-corrected chi connectivity index (χ3v) is 3.50. The van der Waals surface area contributed by atoms with Crippen molar-refractivity contribution in [3.63, 3.8) is 0 Å². The van der Waals surface area contributed by atoms with Crippen LogP contribution in [0.25, 0.3) is 0 Å². The molecule has 126 valence electrons. The average Bonchev–Trinajstić information content (AvgIpc) is 2.56. The van der Waals surface area contributed by atoms with Crippen molar-refractivity contribution in [2.75, 3.05) is 22.9 Å².